The first-order chi connectivity index (χ1) is 14.5. The molecule has 0 spiro atoms. The molecule has 0 saturated carbocycles. The number of carbonyl (C=O) groups is 2. The van der Waals surface area contributed by atoms with Gasteiger partial charge in [0.15, 0.2) is 0 Å². The number of rotatable bonds is 12. The van der Waals surface area contributed by atoms with Crippen molar-refractivity contribution in [3.05, 3.63) is 54.1 Å². The van der Waals surface area contributed by atoms with Gasteiger partial charge < -0.3 is 9.47 Å². The zero-order valence-corrected chi connectivity index (χ0v) is 18.5. The predicted molar refractivity (Wildman–Crippen MR) is 121 cm³/mol. The van der Waals surface area contributed by atoms with E-state index in [1.165, 1.54) is 19.3 Å². The summed E-state index contributed by atoms with van der Waals surface area (Å²) in [6.07, 6.45) is 6.86. The number of hydrogen-bond donors (Lipinski definition) is 0. The van der Waals surface area contributed by atoms with Gasteiger partial charge in [0.2, 0.25) is 0 Å². The van der Waals surface area contributed by atoms with Gasteiger partial charge in [0, 0.05) is 6.42 Å². The number of unbranched alkanes of at least 4 members (excludes halogenated alkanes) is 4. The molecule has 0 atom stereocenters. The molecule has 0 N–H and O–H groups in total. The summed E-state index contributed by atoms with van der Waals surface area (Å²) in [5.41, 5.74) is 2.53. The van der Waals surface area contributed by atoms with Gasteiger partial charge in [-0.25, -0.2) is 4.79 Å². The fourth-order valence-electron chi connectivity index (χ4n) is 3.04. The molecule has 0 aliphatic heterocycles. The van der Waals surface area contributed by atoms with Gasteiger partial charge in [-0.15, -0.1) is 0 Å². The average Bonchev–Trinajstić information content (AvgIpc) is 2.74. The Kier molecular flexibility index (Phi) is 10.1. The molecule has 4 nitrogen and oxygen atoms in total. The third kappa shape index (κ3) is 8.40. The molecule has 162 valence electrons. The summed E-state index contributed by atoms with van der Waals surface area (Å²) in [5.74, 6) is 0.592. The zero-order chi connectivity index (χ0) is 21.8. The van der Waals surface area contributed by atoms with Crippen LogP contribution in [0.15, 0.2) is 48.5 Å². The van der Waals surface area contributed by atoms with E-state index in [0.29, 0.717) is 30.3 Å². The van der Waals surface area contributed by atoms with Gasteiger partial charge in [0.05, 0.1) is 12.2 Å². The van der Waals surface area contributed by atoms with Crippen LogP contribution >= 0.6 is 0 Å². The fourth-order valence-corrected chi connectivity index (χ4v) is 3.04. The van der Waals surface area contributed by atoms with Crippen molar-refractivity contribution in [2.45, 2.75) is 65.7 Å². The Bertz CT molecular complexity index is 776. The SMILES string of the molecule is CCCCCCCC(=O)Oc1ccc(-c2ccc(C(=O)OCCC(C)C)cc2)cc1. The molecule has 0 saturated heterocycles. The van der Waals surface area contributed by atoms with Crippen molar-refractivity contribution in [3.63, 3.8) is 0 Å². The number of hydrogen-bond acceptors (Lipinski definition) is 4. The second-order valence-corrected chi connectivity index (χ2v) is 8.06. The van der Waals surface area contributed by atoms with Gasteiger partial charge in [0.1, 0.15) is 5.75 Å². The molecule has 2 aromatic carbocycles. The Labute approximate surface area is 180 Å². The summed E-state index contributed by atoms with van der Waals surface area (Å²) in [7, 11) is 0. The Hall–Kier alpha value is -2.62. The van der Waals surface area contributed by atoms with E-state index in [4.69, 9.17) is 9.47 Å². The van der Waals surface area contributed by atoms with Crippen LogP contribution in [0, 0.1) is 5.92 Å². The second-order valence-electron chi connectivity index (χ2n) is 8.06. The van der Waals surface area contributed by atoms with E-state index in [0.717, 1.165) is 30.4 Å². The zero-order valence-electron chi connectivity index (χ0n) is 18.5. The summed E-state index contributed by atoms with van der Waals surface area (Å²) in [4.78, 5) is 24.0. The van der Waals surface area contributed by atoms with Gasteiger partial charge >= 0.3 is 11.9 Å². The summed E-state index contributed by atoms with van der Waals surface area (Å²) < 4.78 is 10.7. The van der Waals surface area contributed by atoms with Gasteiger partial charge in [-0.2, -0.15) is 0 Å². The fraction of sp³-hybridized carbons (Fsp3) is 0.462. The maximum absolute atomic E-state index is 12.1. The Morgan fingerprint density at radius 2 is 1.43 bits per heavy atom. The van der Waals surface area contributed by atoms with Crippen molar-refractivity contribution in [2.75, 3.05) is 6.61 Å². The maximum atomic E-state index is 12.1. The molecule has 0 amide bonds. The van der Waals surface area contributed by atoms with Gasteiger partial charge in [0.25, 0.3) is 0 Å². The molecule has 0 unspecified atom stereocenters. The molecule has 0 heterocycles. The van der Waals surface area contributed by atoms with Crippen molar-refractivity contribution in [1.82, 2.24) is 0 Å². The molecule has 0 aliphatic rings. The molecule has 2 rings (SSSR count). The van der Waals surface area contributed by atoms with Crippen molar-refractivity contribution < 1.29 is 19.1 Å². The maximum Gasteiger partial charge on any atom is 0.338 e. The first-order valence-electron chi connectivity index (χ1n) is 11.1. The van der Waals surface area contributed by atoms with Crippen LogP contribution in [0.4, 0.5) is 0 Å². The Morgan fingerprint density at radius 3 is 2.03 bits per heavy atom. The van der Waals surface area contributed by atoms with Crippen molar-refractivity contribution >= 4 is 11.9 Å². The average molecular weight is 411 g/mol. The second kappa shape index (κ2) is 12.8. The predicted octanol–water partition coefficient (Wildman–Crippen LogP) is 6.82. The normalized spacial score (nSPS) is 10.8. The number of esters is 2. The molecule has 30 heavy (non-hydrogen) atoms. The van der Waals surface area contributed by atoms with E-state index in [1.54, 1.807) is 24.3 Å². The summed E-state index contributed by atoms with van der Waals surface area (Å²) >= 11 is 0. The molecule has 0 aliphatic carbocycles. The largest absolute Gasteiger partial charge is 0.462 e. The minimum absolute atomic E-state index is 0.181. The van der Waals surface area contributed by atoms with Crippen LogP contribution in [0.25, 0.3) is 11.1 Å². The smallest absolute Gasteiger partial charge is 0.338 e. The highest BCUT2D eigenvalue weighted by Crippen LogP contribution is 2.23. The Morgan fingerprint density at radius 1 is 0.833 bits per heavy atom. The van der Waals surface area contributed by atoms with Crippen LogP contribution in [-0.2, 0) is 9.53 Å². The van der Waals surface area contributed by atoms with Gasteiger partial charge in [-0.1, -0.05) is 70.7 Å². The lowest BCUT2D eigenvalue weighted by molar-refractivity contribution is -0.134. The number of carbonyl (C=O) groups excluding carboxylic acids is 2. The number of ether oxygens (including phenoxy) is 2. The van der Waals surface area contributed by atoms with Gasteiger partial charge in [-0.05, 0) is 54.2 Å². The lowest BCUT2D eigenvalue weighted by Crippen LogP contribution is -2.08. The third-order valence-corrected chi connectivity index (χ3v) is 4.95. The minimum atomic E-state index is -0.292. The molecule has 0 aromatic heterocycles. The minimum Gasteiger partial charge on any atom is -0.462 e. The van der Waals surface area contributed by atoms with E-state index in [9.17, 15) is 9.59 Å². The number of benzene rings is 2. The highest BCUT2D eigenvalue weighted by molar-refractivity contribution is 5.90. The van der Waals surface area contributed by atoms with Crippen LogP contribution in [0.1, 0.15) is 76.1 Å². The molecular formula is C26H34O4. The molecule has 0 fully saturated rings. The molecule has 4 heteroatoms. The summed E-state index contributed by atoms with van der Waals surface area (Å²) in [5, 5.41) is 0. The van der Waals surface area contributed by atoms with Crippen molar-refractivity contribution in [2.24, 2.45) is 5.92 Å². The highest BCUT2D eigenvalue weighted by atomic mass is 16.5. The summed E-state index contributed by atoms with van der Waals surface area (Å²) in [6, 6.07) is 14.8. The van der Waals surface area contributed by atoms with E-state index >= 15 is 0 Å². The molecular weight excluding hydrogens is 376 g/mol. The quantitative estimate of drug-likeness (QED) is 0.219. The first kappa shape index (κ1) is 23.7. The Balaban J connectivity index is 1.84. The van der Waals surface area contributed by atoms with Crippen molar-refractivity contribution in [3.8, 4) is 16.9 Å². The van der Waals surface area contributed by atoms with Crippen LogP contribution < -0.4 is 4.74 Å². The van der Waals surface area contributed by atoms with Gasteiger partial charge in [-0.3, -0.25) is 4.79 Å². The molecule has 0 bridgehead atoms. The van der Waals surface area contributed by atoms with Crippen LogP contribution in [0.2, 0.25) is 0 Å². The third-order valence-electron chi connectivity index (χ3n) is 4.95. The highest BCUT2D eigenvalue weighted by Gasteiger charge is 2.09. The lowest BCUT2D eigenvalue weighted by atomic mass is 10.0. The van der Waals surface area contributed by atoms with E-state index < -0.39 is 0 Å². The molecule has 2 aromatic rings. The monoisotopic (exact) mass is 410 g/mol. The first-order valence-corrected chi connectivity index (χ1v) is 11.1. The lowest BCUT2D eigenvalue weighted by Gasteiger charge is -2.08. The molecule has 0 radical (unpaired) electrons. The van der Waals surface area contributed by atoms with Crippen LogP contribution in [0.5, 0.6) is 5.75 Å². The van der Waals surface area contributed by atoms with E-state index in [1.807, 2.05) is 24.3 Å². The van der Waals surface area contributed by atoms with E-state index in [2.05, 4.69) is 20.8 Å². The standard InChI is InChI=1S/C26H34O4/c1-4-5-6-7-8-9-25(27)30-24-16-14-22(15-17-24)21-10-12-23(13-11-21)26(28)29-19-18-20(2)3/h10-17,20H,4-9,18-19H2,1-3H3. The van der Waals surface area contributed by atoms with Crippen LogP contribution in [-0.4, -0.2) is 18.5 Å². The van der Waals surface area contributed by atoms with E-state index in [-0.39, 0.29) is 11.9 Å². The summed E-state index contributed by atoms with van der Waals surface area (Å²) in [6.45, 7) is 6.82. The topological polar surface area (TPSA) is 52.6 Å². The van der Waals surface area contributed by atoms with Crippen LogP contribution in [0.3, 0.4) is 0 Å². The van der Waals surface area contributed by atoms with Crippen molar-refractivity contribution in [1.29, 1.82) is 0 Å².